The average molecular weight is 368 g/mol. The number of nitrogens with one attached hydrogen (secondary N) is 2. The van der Waals surface area contributed by atoms with Gasteiger partial charge in [-0.25, -0.2) is 0 Å². The summed E-state index contributed by atoms with van der Waals surface area (Å²) >= 11 is 4.91. The molecule has 9 heteroatoms. The van der Waals surface area contributed by atoms with E-state index < -0.39 is 23.6 Å². The standard InChI is InChI=1S/C16H15F3N4OS/c1-9-11(4-3-6-21-9)13(14(24)23-15(25)20-2)12-8-10(5-7-22-12)16(17,18)19/h3-8,13H,1-2H3,(H2,20,23,24,25). The highest BCUT2D eigenvalue weighted by Gasteiger charge is 2.33. The van der Waals surface area contributed by atoms with Gasteiger partial charge in [0.15, 0.2) is 5.11 Å². The summed E-state index contributed by atoms with van der Waals surface area (Å²) in [5.74, 6) is -1.68. The molecule has 1 amide bonds. The Labute approximate surface area is 147 Å². The first-order valence-electron chi connectivity index (χ1n) is 7.21. The summed E-state index contributed by atoms with van der Waals surface area (Å²) < 4.78 is 39.0. The second-order valence-corrected chi connectivity index (χ2v) is 5.55. The molecule has 2 rings (SSSR count). The molecule has 2 aromatic heterocycles. The summed E-state index contributed by atoms with van der Waals surface area (Å²) in [7, 11) is 1.52. The van der Waals surface area contributed by atoms with E-state index in [0.29, 0.717) is 11.3 Å². The quantitative estimate of drug-likeness (QED) is 0.815. The summed E-state index contributed by atoms with van der Waals surface area (Å²) in [6, 6.07) is 4.94. The highest BCUT2D eigenvalue weighted by Crippen LogP contribution is 2.32. The molecule has 0 saturated heterocycles. The Kier molecular flexibility index (Phi) is 5.68. The summed E-state index contributed by atoms with van der Waals surface area (Å²) in [5, 5.41) is 5.09. The fourth-order valence-corrected chi connectivity index (χ4v) is 2.37. The van der Waals surface area contributed by atoms with Crippen LogP contribution in [0.3, 0.4) is 0 Å². The van der Waals surface area contributed by atoms with Crippen LogP contribution in [0.4, 0.5) is 13.2 Å². The molecular weight excluding hydrogens is 353 g/mol. The third-order valence-corrected chi connectivity index (χ3v) is 3.80. The van der Waals surface area contributed by atoms with Crippen molar-refractivity contribution in [2.24, 2.45) is 0 Å². The second kappa shape index (κ2) is 7.56. The van der Waals surface area contributed by atoms with Crippen molar-refractivity contribution in [1.29, 1.82) is 0 Å². The van der Waals surface area contributed by atoms with Gasteiger partial charge in [0.1, 0.15) is 5.92 Å². The van der Waals surface area contributed by atoms with E-state index in [2.05, 4.69) is 20.6 Å². The molecule has 1 atom stereocenters. The number of carbonyl (C=O) groups is 1. The summed E-state index contributed by atoms with van der Waals surface area (Å²) in [6.45, 7) is 1.67. The second-order valence-electron chi connectivity index (χ2n) is 5.15. The van der Waals surface area contributed by atoms with Crippen molar-refractivity contribution in [2.45, 2.75) is 19.0 Å². The van der Waals surface area contributed by atoms with Gasteiger partial charge in [0.05, 0.1) is 11.3 Å². The highest BCUT2D eigenvalue weighted by molar-refractivity contribution is 7.80. The van der Waals surface area contributed by atoms with Gasteiger partial charge in [-0.05, 0) is 42.9 Å². The molecule has 0 bridgehead atoms. The predicted molar refractivity (Wildman–Crippen MR) is 89.9 cm³/mol. The number of nitrogens with zero attached hydrogens (tertiary/aromatic N) is 2. The highest BCUT2D eigenvalue weighted by atomic mass is 32.1. The summed E-state index contributed by atoms with van der Waals surface area (Å²) in [5.41, 5.74) is 0.0401. The third kappa shape index (κ3) is 4.50. The number of rotatable bonds is 3. The molecular formula is C16H15F3N4OS. The maximum Gasteiger partial charge on any atom is 0.416 e. The molecule has 0 saturated carbocycles. The smallest absolute Gasteiger partial charge is 0.365 e. The van der Waals surface area contributed by atoms with Crippen LogP contribution >= 0.6 is 12.2 Å². The lowest BCUT2D eigenvalue weighted by Gasteiger charge is -2.19. The van der Waals surface area contributed by atoms with Crippen molar-refractivity contribution in [3.05, 3.63) is 59.2 Å². The van der Waals surface area contributed by atoms with E-state index in [1.807, 2.05) is 0 Å². The molecule has 5 nitrogen and oxygen atoms in total. The van der Waals surface area contributed by atoms with Gasteiger partial charge in [0, 0.05) is 25.1 Å². The van der Waals surface area contributed by atoms with Gasteiger partial charge < -0.3 is 10.6 Å². The monoisotopic (exact) mass is 368 g/mol. The molecule has 2 heterocycles. The van der Waals surface area contributed by atoms with E-state index in [1.165, 1.54) is 13.2 Å². The van der Waals surface area contributed by atoms with Crippen LogP contribution in [-0.2, 0) is 11.0 Å². The van der Waals surface area contributed by atoms with Crippen LogP contribution in [0.15, 0.2) is 36.7 Å². The van der Waals surface area contributed by atoms with E-state index in [-0.39, 0.29) is 10.8 Å². The third-order valence-electron chi connectivity index (χ3n) is 3.49. The number of alkyl halides is 3. The van der Waals surface area contributed by atoms with Gasteiger partial charge in [-0.3, -0.25) is 14.8 Å². The van der Waals surface area contributed by atoms with E-state index in [0.717, 1.165) is 18.3 Å². The molecule has 0 aliphatic carbocycles. The number of hydrogen-bond acceptors (Lipinski definition) is 4. The van der Waals surface area contributed by atoms with Crippen molar-refractivity contribution < 1.29 is 18.0 Å². The minimum absolute atomic E-state index is 0.0395. The minimum Gasteiger partial charge on any atom is -0.365 e. The molecule has 0 aliphatic heterocycles. The Morgan fingerprint density at radius 2 is 1.96 bits per heavy atom. The van der Waals surface area contributed by atoms with Gasteiger partial charge >= 0.3 is 6.18 Å². The molecule has 0 aliphatic rings. The number of halogens is 3. The maximum atomic E-state index is 13.0. The van der Waals surface area contributed by atoms with Gasteiger partial charge in [0.25, 0.3) is 0 Å². The molecule has 2 aromatic rings. The molecule has 0 fully saturated rings. The Morgan fingerprint density at radius 1 is 1.24 bits per heavy atom. The topological polar surface area (TPSA) is 66.9 Å². The van der Waals surface area contributed by atoms with E-state index >= 15 is 0 Å². The Morgan fingerprint density at radius 3 is 2.56 bits per heavy atom. The van der Waals surface area contributed by atoms with Crippen LogP contribution in [0.25, 0.3) is 0 Å². The van der Waals surface area contributed by atoms with E-state index in [4.69, 9.17) is 12.2 Å². The molecule has 132 valence electrons. The summed E-state index contributed by atoms with van der Waals surface area (Å²) in [4.78, 5) is 20.7. The Balaban J connectivity index is 2.54. The number of carbonyl (C=O) groups excluding carboxylic acids is 1. The largest absolute Gasteiger partial charge is 0.416 e. The fraction of sp³-hybridized carbons (Fsp3) is 0.250. The first-order chi connectivity index (χ1) is 11.7. The number of aryl methyl sites for hydroxylation is 1. The number of hydrogen-bond donors (Lipinski definition) is 2. The normalized spacial score (nSPS) is 12.4. The predicted octanol–water partition coefficient (Wildman–Crippen LogP) is 2.56. The zero-order valence-electron chi connectivity index (χ0n) is 13.4. The van der Waals surface area contributed by atoms with Crippen molar-refractivity contribution in [3.8, 4) is 0 Å². The van der Waals surface area contributed by atoms with Crippen LogP contribution in [0, 0.1) is 6.92 Å². The van der Waals surface area contributed by atoms with Gasteiger partial charge in [-0.2, -0.15) is 13.2 Å². The van der Waals surface area contributed by atoms with E-state index in [1.54, 1.807) is 19.1 Å². The SMILES string of the molecule is CNC(=S)NC(=O)C(c1cc(C(F)(F)F)ccn1)c1cccnc1C. The lowest BCUT2D eigenvalue weighted by molar-refractivity contribution is -0.137. The number of aromatic nitrogens is 2. The maximum absolute atomic E-state index is 13.0. The molecule has 0 spiro atoms. The fourth-order valence-electron chi connectivity index (χ4n) is 2.27. The van der Waals surface area contributed by atoms with Crippen molar-refractivity contribution >= 4 is 23.2 Å². The van der Waals surface area contributed by atoms with Crippen LogP contribution in [-0.4, -0.2) is 28.0 Å². The Hall–Kier alpha value is -2.55. The average Bonchev–Trinajstić information content (AvgIpc) is 2.56. The number of pyridine rings is 2. The molecule has 0 aromatic carbocycles. The van der Waals surface area contributed by atoms with Crippen molar-refractivity contribution in [1.82, 2.24) is 20.6 Å². The number of amides is 1. The first kappa shape index (κ1) is 18.8. The van der Waals surface area contributed by atoms with Crippen LogP contribution in [0.2, 0.25) is 0 Å². The molecule has 0 radical (unpaired) electrons. The zero-order chi connectivity index (χ0) is 18.6. The number of thiocarbonyl (C=S) groups is 1. The van der Waals surface area contributed by atoms with Gasteiger partial charge in [0.2, 0.25) is 5.91 Å². The van der Waals surface area contributed by atoms with Crippen LogP contribution < -0.4 is 10.6 Å². The van der Waals surface area contributed by atoms with Crippen LogP contribution in [0.1, 0.15) is 28.4 Å². The van der Waals surface area contributed by atoms with E-state index in [9.17, 15) is 18.0 Å². The minimum atomic E-state index is -4.54. The molecule has 25 heavy (non-hydrogen) atoms. The lowest BCUT2D eigenvalue weighted by Crippen LogP contribution is -2.40. The lowest BCUT2D eigenvalue weighted by atomic mass is 9.92. The molecule has 2 N–H and O–H groups in total. The van der Waals surface area contributed by atoms with Crippen molar-refractivity contribution in [3.63, 3.8) is 0 Å². The van der Waals surface area contributed by atoms with Crippen molar-refractivity contribution in [2.75, 3.05) is 7.05 Å². The van der Waals surface area contributed by atoms with Crippen LogP contribution in [0.5, 0.6) is 0 Å². The zero-order valence-corrected chi connectivity index (χ0v) is 14.2. The molecule has 1 unspecified atom stereocenters. The summed E-state index contributed by atoms with van der Waals surface area (Å²) in [6.07, 6.45) is -1.98. The Bertz CT molecular complexity index is 795. The first-order valence-corrected chi connectivity index (χ1v) is 7.62. The van der Waals surface area contributed by atoms with Gasteiger partial charge in [-0.1, -0.05) is 6.07 Å². The van der Waals surface area contributed by atoms with Gasteiger partial charge in [-0.15, -0.1) is 0 Å².